The Balaban J connectivity index is 2.16. The van der Waals surface area contributed by atoms with E-state index < -0.39 is 11.9 Å². The van der Waals surface area contributed by atoms with E-state index in [0.717, 1.165) is 22.0 Å². The summed E-state index contributed by atoms with van der Waals surface area (Å²) in [6.45, 7) is 3.06. The van der Waals surface area contributed by atoms with Gasteiger partial charge in [0.1, 0.15) is 0 Å². The number of methoxy groups -OCH3 is 2. The fourth-order valence-corrected chi connectivity index (χ4v) is 4.19. The summed E-state index contributed by atoms with van der Waals surface area (Å²) < 4.78 is 22.3. The van der Waals surface area contributed by atoms with E-state index in [-0.39, 0.29) is 23.0 Å². The zero-order valence-electron chi connectivity index (χ0n) is 18.1. The highest BCUT2D eigenvalue weighted by Crippen LogP contribution is 2.57. The number of fused-ring (bicyclic) bond motifs is 5. The summed E-state index contributed by atoms with van der Waals surface area (Å²) in [5.41, 5.74) is 3.14. The van der Waals surface area contributed by atoms with Crippen LogP contribution in [0.3, 0.4) is 0 Å². The summed E-state index contributed by atoms with van der Waals surface area (Å²) in [5, 5.41) is 2.15. The number of hydrogen-bond acceptors (Lipinski definition) is 7. The van der Waals surface area contributed by atoms with Crippen molar-refractivity contribution in [2.45, 2.75) is 20.4 Å². The first-order valence-electron chi connectivity index (χ1n) is 9.78. The lowest BCUT2D eigenvalue weighted by Gasteiger charge is -2.34. The fraction of sp³-hybridized carbons (Fsp3) is 0.250. The van der Waals surface area contributed by atoms with Crippen molar-refractivity contribution < 1.29 is 28.5 Å². The van der Waals surface area contributed by atoms with Crippen molar-refractivity contribution in [2.75, 3.05) is 26.2 Å². The van der Waals surface area contributed by atoms with Gasteiger partial charge in [-0.05, 0) is 5.39 Å². The Hall–Kier alpha value is -3.74. The molecule has 1 heterocycles. The Kier molecular flexibility index (Phi) is 5.19. The summed E-state index contributed by atoms with van der Waals surface area (Å²) in [6, 6.07) is 12.1. The Morgan fingerprint density at radius 1 is 0.839 bits per heavy atom. The van der Waals surface area contributed by atoms with E-state index in [4.69, 9.17) is 18.9 Å². The standard InChI is InChI=1S/C24H23NO6/c1-13(26)30-21-18-12-25(3)20-16-9-7-6-8-15(16)10-11-17(20)19(18)22(31-14(2)27)24(29-5)23(21)28-4/h6-11H,12H2,1-5H3. The predicted molar refractivity (Wildman–Crippen MR) is 117 cm³/mol. The lowest BCUT2D eigenvalue weighted by atomic mass is 9.88. The molecule has 3 aromatic carbocycles. The summed E-state index contributed by atoms with van der Waals surface area (Å²) in [7, 11) is 4.86. The van der Waals surface area contributed by atoms with E-state index in [2.05, 4.69) is 11.0 Å². The summed E-state index contributed by atoms with van der Waals surface area (Å²) in [4.78, 5) is 26.0. The Morgan fingerprint density at radius 2 is 1.45 bits per heavy atom. The first-order valence-corrected chi connectivity index (χ1v) is 9.78. The maximum atomic E-state index is 12.0. The van der Waals surface area contributed by atoms with Gasteiger partial charge in [-0.25, -0.2) is 0 Å². The van der Waals surface area contributed by atoms with E-state index >= 15 is 0 Å². The molecule has 0 N–H and O–H groups in total. The van der Waals surface area contributed by atoms with Crippen LogP contribution in [0.15, 0.2) is 36.4 Å². The van der Waals surface area contributed by atoms with Crippen molar-refractivity contribution in [2.24, 2.45) is 0 Å². The molecule has 7 heteroatoms. The fourth-order valence-electron chi connectivity index (χ4n) is 4.19. The molecule has 160 valence electrons. The van der Waals surface area contributed by atoms with Crippen LogP contribution < -0.4 is 23.8 Å². The third-order valence-corrected chi connectivity index (χ3v) is 5.27. The average molecular weight is 421 g/mol. The largest absolute Gasteiger partial charge is 0.490 e. The number of anilines is 1. The number of carbonyl (C=O) groups is 2. The first kappa shape index (κ1) is 20.5. The van der Waals surface area contributed by atoms with Gasteiger partial charge in [-0.2, -0.15) is 0 Å². The molecule has 1 aliphatic rings. The van der Waals surface area contributed by atoms with E-state index in [1.54, 1.807) is 0 Å². The molecule has 0 saturated carbocycles. The number of benzene rings is 3. The molecule has 3 aromatic rings. The Labute approximate surface area is 180 Å². The quantitative estimate of drug-likeness (QED) is 0.459. The molecule has 0 unspecified atom stereocenters. The molecule has 0 atom stereocenters. The van der Waals surface area contributed by atoms with Crippen LogP contribution >= 0.6 is 0 Å². The highest BCUT2D eigenvalue weighted by atomic mass is 16.6. The van der Waals surface area contributed by atoms with Gasteiger partial charge in [0.15, 0.2) is 11.5 Å². The second kappa shape index (κ2) is 7.83. The molecule has 1 aliphatic heterocycles. The number of ether oxygens (including phenoxy) is 4. The van der Waals surface area contributed by atoms with Gasteiger partial charge < -0.3 is 23.8 Å². The maximum Gasteiger partial charge on any atom is 0.308 e. The molecule has 0 amide bonds. The van der Waals surface area contributed by atoms with Crippen LogP contribution in [0.25, 0.3) is 21.9 Å². The number of rotatable bonds is 4. The van der Waals surface area contributed by atoms with Crippen molar-refractivity contribution in [3.05, 3.63) is 42.0 Å². The van der Waals surface area contributed by atoms with Crippen molar-refractivity contribution >= 4 is 28.4 Å². The van der Waals surface area contributed by atoms with E-state index in [0.29, 0.717) is 17.7 Å². The van der Waals surface area contributed by atoms with E-state index in [1.807, 2.05) is 37.4 Å². The minimum absolute atomic E-state index is 0.191. The minimum atomic E-state index is -0.496. The number of hydrogen-bond donors (Lipinski definition) is 0. The molecule has 0 aromatic heterocycles. The SMILES string of the molecule is COc1c(OC(C)=O)c2c(c(OC(C)=O)c1OC)-c1ccc3ccccc3c1N(C)C2. The van der Waals surface area contributed by atoms with E-state index in [9.17, 15) is 9.59 Å². The second-order valence-corrected chi connectivity index (χ2v) is 7.30. The molecule has 31 heavy (non-hydrogen) atoms. The van der Waals surface area contributed by atoms with Gasteiger partial charge in [0.25, 0.3) is 0 Å². The van der Waals surface area contributed by atoms with Gasteiger partial charge >= 0.3 is 11.9 Å². The molecule has 0 aliphatic carbocycles. The molecule has 0 fully saturated rings. The van der Waals surface area contributed by atoms with Crippen LogP contribution in [-0.4, -0.2) is 33.2 Å². The van der Waals surface area contributed by atoms with Gasteiger partial charge in [0.05, 0.1) is 19.9 Å². The van der Waals surface area contributed by atoms with Gasteiger partial charge in [-0.1, -0.05) is 36.4 Å². The van der Waals surface area contributed by atoms with Crippen LogP contribution in [0.5, 0.6) is 23.0 Å². The molecule has 4 rings (SSSR count). The number of esters is 2. The van der Waals surface area contributed by atoms with Gasteiger partial charge in [-0.15, -0.1) is 0 Å². The summed E-state index contributed by atoms with van der Waals surface area (Å²) in [6.07, 6.45) is 0. The third kappa shape index (κ3) is 3.32. The molecule has 7 nitrogen and oxygen atoms in total. The maximum absolute atomic E-state index is 12.0. The predicted octanol–water partition coefficient (Wildman–Crippen LogP) is 4.32. The third-order valence-electron chi connectivity index (χ3n) is 5.27. The van der Waals surface area contributed by atoms with Gasteiger partial charge in [0, 0.05) is 49.5 Å². The lowest BCUT2D eigenvalue weighted by Crippen LogP contribution is -2.24. The molecule has 0 radical (unpaired) electrons. The topological polar surface area (TPSA) is 74.3 Å². The normalized spacial score (nSPS) is 12.1. The molecule has 0 spiro atoms. The van der Waals surface area contributed by atoms with Crippen LogP contribution in [0.1, 0.15) is 19.4 Å². The second-order valence-electron chi connectivity index (χ2n) is 7.30. The van der Waals surface area contributed by atoms with Crippen LogP contribution in [-0.2, 0) is 16.1 Å². The Morgan fingerprint density at radius 3 is 2.10 bits per heavy atom. The van der Waals surface area contributed by atoms with Crippen molar-refractivity contribution in [3.8, 4) is 34.1 Å². The average Bonchev–Trinajstić information content (AvgIpc) is 2.73. The minimum Gasteiger partial charge on any atom is -0.490 e. The van der Waals surface area contributed by atoms with Crippen molar-refractivity contribution in [1.82, 2.24) is 0 Å². The Bertz CT molecular complexity index is 1220. The van der Waals surface area contributed by atoms with Crippen LogP contribution in [0.2, 0.25) is 0 Å². The molecule has 0 bridgehead atoms. The summed E-state index contributed by atoms with van der Waals surface area (Å²) in [5.74, 6) is -0.105. The molecular formula is C24H23NO6. The smallest absolute Gasteiger partial charge is 0.308 e. The lowest BCUT2D eigenvalue weighted by molar-refractivity contribution is -0.133. The van der Waals surface area contributed by atoms with E-state index in [1.165, 1.54) is 28.1 Å². The zero-order valence-corrected chi connectivity index (χ0v) is 18.1. The van der Waals surface area contributed by atoms with Crippen LogP contribution in [0.4, 0.5) is 5.69 Å². The van der Waals surface area contributed by atoms with Crippen molar-refractivity contribution in [1.29, 1.82) is 0 Å². The highest BCUT2D eigenvalue weighted by molar-refractivity contribution is 6.06. The van der Waals surface area contributed by atoms with Crippen LogP contribution in [0, 0.1) is 0 Å². The molecular weight excluding hydrogens is 398 g/mol. The first-order chi connectivity index (χ1) is 14.9. The number of carbonyl (C=O) groups excluding carboxylic acids is 2. The summed E-state index contributed by atoms with van der Waals surface area (Å²) >= 11 is 0. The van der Waals surface area contributed by atoms with Gasteiger partial charge in [0.2, 0.25) is 11.5 Å². The number of nitrogens with zero attached hydrogens (tertiary/aromatic N) is 1. The highest BCUT2D eigenvalue weighted by Gasteiger charge is 2.35. The van der Waals surface area contributed by atoms with Gasteiger partial charge in [-0.3, -0.25) is 9.59 Å². The van der Waals surface area contributed by atoms with Crippen molar-refractivity contribution in [3.63, 3.8) is 0 Å². The molecule has 0 saturated heterocycles. The zero-order chi connectivity index (χ0) is 22.3. The monoisotopic (exact) mass is 421 g/mol.